The quantitative estimate of drug-likeness (QED) is 0.404. The van der Waals surface area contributed by atoms with Crippen LogP contribution in [0.2, 0.25) is 0 Å². The molecule has 0 aromatic heterocycles. The van der Waals surface area contributed by atoms with E-state index in [4.69, 9.17) is 9.93 Å². The number of hydrogen-bond donors (Lipinski definition) is 2. The summed E-state index contributed by atoms with van der Waals surface area (Å²) >= 11 is 0. The molecule has 0 fully saturated rings. The smallest absolute Gasteiger partial charge is 0.309 e. The summed E-state index contributed by atoms with van der Waals surface area (Å²) in [7, 11) is -0.402. The average molecular weight is 288 g/mol. The Morgan fingerprint density at radius 3 is 2.59 bits per heavy atom. The van der Waals surface area contributed by atoms with E-state index >= 15 is 0 Å². The molecule has 9 heteroatoms. The Morgan fingerprint density at radius 2 is 2.18 bits per heavy atom. The standard InChI is InChI=1S/C8H18N3O4P.ClH/c1-4-8(5-6-11(2)3)14-16(12,13)15-10-7-9;/h8-9H,4-6H2,1-3H3,(H,12,13);1H. The molecular formula is C8H19ClN3O4P. The Balaban J connectivity index is 0. The Labute approximate surface area is 107 Å². The van der Waals surface area contributed by atoms with Gasteiger partial charge in [0.05, 0.1) is 6.10 Å². The number of phosphoric acid groups is 1. The van der Waals surface area contributed by atoms with Crippen LogP contribution in [0.1, 0.15) is 19.8 Å². The molecule has 0 aliphatic rings. The van der Waals surface area contributed by atoms with Crippen LogP contribution in [0.25, 0.3) is 0 Å². The molecule has 0 saturated carbocycles. The summed E-state index contributed by atoms with van der Waals surface area (Å²) in [5, 5.41) is 9.21. The minimum Gasteiger partial charge on any atom is -0.309 e. The van der Waals surface area contributed by atoms with E-state index in [0.29, 0.717) is 12.8 Å². The van der Waals surface area contributed by atoms with Crippen LogP contribution in [-0.2, 0) is 13.7 Å². The minimum atomic E-state index is -4.21. The first kappa shape index (κ1) is 18.9. The summed E-state index contributed by atoms with van der Waals surface area (Å²) < 4.78 is 20.3. The lowest BCUT2D eigenvalue weighted by Gasteiger charge is -2.19. The fourth-order valence-corrected chi connectivity index (χ4v) is 1.83. The van der Waals surface area contributed by atoms with Crippen LogP contribution in [0.3, 0.4) is 0 Å². The Hall–Kier alpha value is -0.420. The van der Waals surface area contributed by atoms with Crippen molar-refractivity contribution in [3.05, 3.63) is 0 Å². The lowest BCUT2D eigenvalue weighted by atomic mass is 10.2. The molecular weight excluding hydrogens is 269 g/mol. The number of hydrogen-bond acceptors (Lipinski definition) is 6. The normalized spacial score (nSPS) is 15.4. The molecule has 2 unspecified atom stereocenters. The largest absolute Gasteiger partial charge is 0.548 e. The van der Waals surface area contributed by atoms with Crippen LogP contribution in [0.15, 0.2) is 5.16 Å². The van der Waals surface area contributed by atoms with E-state index in [1.807, 2.05) is 25.9 Å². The van der Waals surface area contributed by atoms with Crippen LogP contribution in [-0.4, -0.2) is 42.5 Å². The van der Waals surface area contributed by atoms with Crippen molar-refractivity contribution >= 4 is 26.2 Å². The Morgan fingerprint density at radius 1 is 1.59 bits per heavy atom. The highest BCUT2D eigenvalue weighted by atomic mass is 35.5. The molecule has 0 rings (SSSR count). The average Bonchev–Trinajstić information content (AvgIpc) is 2.21. The maximum atomic E-state index is 11.3. The van der Waals surface area contributed by atoms with Crippen molar-refractivity contribution < 1.29 is 18.6 Å². The van der Waals surface area contributed by atoms with E-state index in [0.717, 1.165) is 6.54 Å². The van der Waals surface area contributed by atoms with Gasteiger partial charge in [0, 0.05) is 6.54 Å². The molecule has 0 spiro atoms. The van der Waals surface area contributed by atoms with Crippen molar-refractivity contribution in [3.63, 3.8) is 0 Å². The van der Waals surface area contributed by atoms with Gasteiger partial charge >= 0.3 is 7.82 Å². The van der Waals surface area contributed by atoms with Crippen molar-refractivity contribution in [3.8, 4) is 0 Å². The molecule has 2 N–H and O–H groups in total. The van der Waals surface area contributed by atoms with Crippen molar-refractivity contribution in [2.45, 2.75) is 25.9 Å². The Bertz CT molecular complexity index is 296. The number of rotatable bonds is 8. The van der Waals surface area contributed by atoms with Gasteiger partial charge in [-0.1, -0.05) is 6.92 Å². The predicted molar refractivity (Wildman–Crippen MR) is 66.6 cm³/mol. The van der Waals surface area contributed by atoms with Gasteiger partial charge in [0.15, 0.2) is 0 Å². The van der Waals surface area contributed by atoms with E-state index in [9.17, 15) is 9.46 Å². The van der Waals surface area contributed by atoms with Crippen molar-refractivity contribution in [1.29, 1.82) is 5.41 Å². The fourth-order valence-electron chi connectivity index (χ4n) is 1.01. The van der Waals surface area contributed by atoms with E-state index in [1.54, 1.807) is 0 Å². The lowest BCUT2D eigenvalue weighted by molar-refractivity contribution is 0.0946. The molecule has 0 bridgehead atoms. The first-order valence-corrected chi connectivity index (χ1v) is 6.37. The van der Waals surface area contributed by atoms with Crippen LogP contribution >= 0.6 is 20.2 Å². The number of nitrogens with one attached hydrogen (secondary N) is 1. The molecule has 17 heavy (non-hydrogen) atoms. The SMILES string of the molecule is CCC(CCN(C)C)OP(=O)(O)ON=C=N.Cl. The second kappa shape index (κ2) is 9.59. The van der Waals surface area contributed by atoms with Crippen molar-refractivity contribution in [2.75, 3.05) is 20.6 Å². The van der Waals surface area contributed by atoms with Gasteiger partial charge in [-0.25, -0.2) is 9.97 Å². The molecule has 2 atom stereocenters. The van der Waals surface area contributed by atoms with Gasteiger partial charge in [0.2, 0.25) is 0 Å². The lowest BCUT2D eigenvalue weighted by Crippen LogP contribution is -2.20. The van der Waals surface area contributed by atoms with E-state index in [1.165, 1.54) is 6.01 Å². The zero-order chi connectivity index (χ0) is 12.6. The van der Waals surface area contributed by atoms with Gasteiger partial charge in [-0.15, -0.1) is 12.4 Å². The van der Waals surface area contributed by atoms with Gasteiger partial charge in [0.1, 0.15) is 6.01 Å². The van der Waals surface area contributed by atoms with E-state index in [2.05, 4.69) is 9.78 Å². The van der Waals surface area contributed by atoms with Crippen LogP contribution in [0.5, 0.6) is 0 Å². The third-order valence-electron chi connectivity index (χ3n) is 1.83. The molecule has 0 saturated heterocycles. The summed E-state index contributed by atoms with van der Waals surface area (Å²) in [5.74, 6) is 0. The van der Waals surface area contributed by atoms with Gasteiger partial charge in [-0.3, -0.25) is 14.0 Å². The topological polar surface area (TPSA) is 95.2 Å². The number of nitrogens with zero attached hydrogens (tertiary/aromatic N) is 2. The fraction of sp³-hybridized carbons (Fsp3) is 0.875. The molecule has 0 aromatic carbocycles. The molecule has 0 radical (unpaired) electrons. The monoisotopic (exact) mass is 287 g/mol. The van der Waals surface area contributed by atoms with Gasteiger partial charge in [-0.05, 0) is 32.1 Å². The highest BCUT2D eigenvalue weighted by Crippen LogP contribution is 2.45. The molecule has 0 heterocycles. The third kappa shape index (κ3) is 10.5. The first-order valence-electron chi connectivity index (χ1n) is 4.87. The van der Waals surface area contributed by atoms with Crippen LogP contribution in [0, 0.1) is 5.41 Å². The molecule has 0 aliphatic carbocycles. The summed E-state index contributed by atoms with van der Waals surface area (Å²) in [6.45, 7) is 2.59. The predicted octanol–water partition coefficient (Wildman–Crippen LogP) is 1.94. The summed E-state index contributed by atoms with van der Waals surface area (Å²) in [4.78, 5) is 11.1. The van der Waals surface area contributed by atoms with Crippen molar-refractivity contribution in [2.24, 2.45) is 5.16 Å². The zero-order valence-electron chi connectivity index (χ0n) is 10.1. The van der Waals surface area contributed by atoms with Gasteiger partial charge in [0.25, 0.3) is 0 Å². The molecule has 0 amide bonds. The Kier molecular flexibility index (Phi) is 10.7. The number of halogens is 1. The molecule has 102 valence electrons. The highest BCUT2D eigenvalue weighted by Gasteiger charge is 2.27. The maximum absolute atomic E-state index is 11.3. The van der Waals surface area contributed by atoms with Crippen LogP contribution in [0.4, 0.5) is 0 Å². The maximum Gasteiger partial charge on any atom is 0.548 e. The van der Waals surface area contributed by atoms with E-state index in [-0.39, 0.29) is 18.5 Å². The minimum absolute atomic E-state index is 0. The van der Waals surface area contributed by atoms with Crippen molar-refractivity contribution in [1.82, 2.24) is 4.90 Å². The van der Waals surface area contributed by atoms with E-state index < -0.39 is 7.82 Å². The molecule has 7 nitrogen and oxygen atoms in total. The number of phosphoric ester groups is 1. The zero-order valence-corrected chi connectivity index (χ0v) is 11.8. The highest BCUT2D eigenvalue weighted by molar-refractivity contribution is 7.47. The second-order valence-electron chi connectivity index (χ2n) is 3.48. The van der Waals surface area contributed by atoms with Gasteiger partial charge in [-0.2, -0.15) is 0 Å². The van der Waals surface area contributed by atoms with Crippen LogP contribution < -0.4 is 0 Å². The third-order valence-corrected chi connectivity index (χ3v) is 2.68. The molecule has 0 aliphatic heterocycles. The van der Waals surface area contributed by atoms with Gasteiger partial charge < -0.3 is 4.90 Å². The summed E-state index contributed by atoms with van der Waals surface area (Å²) in [6.07, 6.45) is 0.834. The first-order chi connectivity index (χ1) is 7.41. The molecule has 0 aromatic rings. The summed E-state index contributed by atoms with van der Waals surface area (Å²) in [5.41, 5.74) is 0. The summed E-state index contributed by atoms with van der Waals surface area (Å²) in [6, 6.07) is 1.50. The second-order valence-corrected chi connectivity index (χ2v) is 4.79.